The fourth-order valence-electron chi connectivity index (χ4n) is 3.00. The first-order chi connectivity index (χ1) is 10.4. The second kappa shape index (κ2) is 5.89. The molecule has 0 aliphatic carbocycles. The predicted molar refractivity (Wildman–Crippen MR) is 83.0 cm³/mol. The quantitative estimate of drug-likeness (QED) is 0.842. The van der Waals surface area contributed by atoms with Crippen LogP contribution in [0.2, 0.25) is 0 Å². The molecular formula is C17H24N2O3. The summed E-state index contributed by atoms with van der Waals surface area (Å²) in [6.07, 6.45) is -0.142. The topological polar surface area (TPSA) is 42.0 Å². The number of nitrogens with zero attached hydrogens (tertiary/aromatic N) is 2. The summed E-state index contributed by atoms with van der Waals surface area (Å²) >= 11 is 0. The highest BCUT2D eigenvalue weighted by Gasteiger charge is 2.44. The Morgan fingerprint density at radius 2 is 1.95 bits per heavy atom. The highest BCUT2D eigenvalue weighted by atomic mass is 16.7. The van der Waals surface area contributed by atoms with Gasteiger partial charge in [0.15, 0.2) is 0 Å². The number of amides is 1. The molecule has 1 aromatic carbocycles. The Hall–Kier alpha value is -1.59. The van der Waals surface area contributed by atoms with Crippen molar-refractivity contribution in [3.63, 3.8) is 0 Å². The summed E-state index contributed by atoms with van der Waals surface area (Å²) in [5, 5.41) is 2.01. The fourth-order valence-corrected chi connectivity index (χ4v) is 3.00. The molecule has 2 aliphatic heterocycles. The van der Waals surface area contributed by atoms with Gasteiger partial charge >= 0.3 is 6.09 Å². The highest BCUT2D eigenvalue weighted by molar-refractivity contribution is 5.68. The van der Waals surface area contributed by atoms with Crippen LogP contribution in [0.1, 0.15) is 26.3 Å². The number of hydrogen-bond acceptors (Lipinski definition) is 4. The van der Waals surface area contributed by atoms with Gasteiger partial charge in [0.25, 0.3) is 0 Å². The first-order valence-electron chi connectivity index (χ1n) is 7.84. The van der Waals surface area contributed by atoms with Gasteiger partial charge in [-0.3, -0.25) is 4.84 Å². The summed E-state index contributed by atoms with van der Waals surface area (Å²) < 4.78 is 5.43. The van der Waals surface area contributed by atoms with Gasteiger partial charge in [-0.05, 0) is 26.3 Å². The lowest BCUT2D eigenvalue weighted by Crippen LogP contribution is -2.37. The molecule has 120 valence electrons. The van der Waals surface area contributed by atoms with E-state index >= 15 is 0 Å². The molecule has 1 amide bonds. The molecule has 1 unspecified atom stereocenters. The second-order valence-corrected chi connectivity index (χ2v) is 7.10. The van der Waals surface area contributed by atoms with E-state index in [1.165, 1.54) is 5.56 Å². The van der Waals surface area contributed by atoms with Gasteiger partial charge in [0.1, 0.15) is 11.7 Å². The van der Waals surface area contributed by atoms with Gasteiger partial charge in [-0.25, -0.2) is 4.79 Å². The molecule has 2 saturated heterocycles. The third-order valence-electron chi connectivity index (χ3n) is 3.96. The Morgan fingerprint density at radius 3 is 2.59 bits per heavy atom. The summed E-state index contributed by atoms with van der Waals surface area (Å²) in [6.45, 7) is 8.65. The Balaban J connectivity index is 1.51. The Bertz CT molecular complexity index is 512. The van der Waals surface area contributed by atoms with Crippen LogP contribution in [0, 0.1) is 5.92 Å². The van der Waals surface area contributed by atoms with Crippen molar-refractivity contribution in [2.75, 3.05) is 19.6 Å². The first kappa shape index (κ1) is 15.3. The molecule has 2 aliphatic rings. The van der Waals surface area contributed by atoms with E-state index in [1.54, 1.807) is 4.90 Å². The lowest BCUT2D eigenvalue weighted by atomic mass is 10.1. The van der Waals surface area contributed by atoms with Crippen LogP contribution in [-0.4, -0.2) is 47.4 Å². The largest absolute Gasteiger partial charge is 0.444 e. The first-order valence-corrected chi connectivity index (χ1v) is 7.84. The fraction of sp³-hybridized carbons (Fsp3) is 0.588. The van der Waals surface area contributed by atoms with Crippen molar-refractivity contribution in [1.82, 2.24) is 9.96 Å². The molecule has 0 N–H and O–H groups in total. The van der Waals surface area contributed by atoms with E-state index in [0.717, 1.165) is 13.1 Å². The average Bonchev–Trinajstić information content (AvgIpc) is 2.96. The van der Waals surface area contributed by atoms with Gasteiger partial charge in [0, 0.05) is 25.6 Å². The van der Waals surface area contributed by atoms with Crippen molar-refractivity contribution in [1.29, 1.82) is 0 Å². The Labute approximate surface area is 131 Å². The summed E-state index contributed by atoms with van der Waals surface area (Å²) in [5.74, 6) is 0.372. The van der Waals surface area contributed by atoms with Gasteiger partial charge in [-0.15, -0.1) is 0 Å². The molecule has 3 rings (SSSR count). The monoisotopic (exact) mass is 304 g/mol. The van der Waals surface area contributed by atoms with Crippen LogP contribution < -0.4 is 0 Å². The lowest BCUT2D eigenvalue weighted by molar-refractivity contribution is -0.153. The molecule has 2 fully saturated rings. The highest BCUT2D eigenvalue weighted by Crippen LogP contribution is 2.30. The van der Waals surface area contributed by atoms with Gasteiger partial charge in [0.05, 0.1) is 6.54 Å². The molecule has 22 heavy (non-hydrogen) atoms. The number of carbonyl (C=O) groups excluding carboxylic acids is 1. The average molecular weight is 304 g/mol. The zero-order valence-electron chi connectivity index (χ0n) is 13.5. The molecule has 5 nitrogen and oxygen atoms in total. The molecule has 2 heterocycles. The Morgan fingerprint density at radius 1 is 1.23 bits per heavy atom. The van der Waals surface area contributed by atoms with Crippen LogP contribution in [0.25, 0.3) is 0 Å². The number of fused-ring (bicyclic) bond motifs is 1. The number of hydroxylamine groups is 2. The number of likely N-dealkylation sites (tertiary alicyclic amines) is 1. The standard InChI is InChI=1S/C17H24N2O3/c1-17(2,3)21-16(20)18-10-14-11-19(22-15(14)12-18)9-13-7-5-4-6-8-13/h4-8,14-15H,9-12H2,1-3H3/t14-,15?/m1/s1. The van der Waals surface area contributed by atoms with Gasteiger partial charge < -0.3 is 9.64 Å². The zero-order valence-corrected chi connectivity index (χ0v) is 13.5. The summed E-state index contributed by atoms with van der Waals surface area (Å²) in [5.41, 5.74) is 0.793. The molecular weight excluding hydrogens is 280 g/mol. The molecule has 0 spiro atoms. The van der Waals surface area contributed by atoms with E-state index in [4.69, 9.17) is 9.57 Å². The summed E-state index contributed by atoms with van der Waals surface area (Å²) in [7, 11) is 0. The van der Waals surface area contributed by atoms with E-state index < -0.39 is 5.60 Å². The molecule has 5 heteroatoms. The summed E-state index contributed by atoms with van der Waals surface area (Å²) in [4.78, 5) is 19.8. The maximum atomic E-state index is 12.1. The number of rotatable bonds is 2. The zero-order chi connectivity index (χ0) is 15.7. The second-order valence-electron chi connectivity index (χ2n) is 7.10. The Kier molecular flexibility index (Phi) is 4.10. The van der Waals surface area contributed by atoms with Gasteiger partial charge in [-0.2, -0.15) is 5.06 Å². The van der Waals surface area contributed by atoms with Gasteiger partial charge in [-0.1, -0.05) is 30.3 Å². The number of ether oxygens (including phenoxy) is 1. The van der Waals surface area contributed by atoms with E-state index in [0.29, 0.717) is 19.0 Å². The minimum atomic E-state index is -0.449. The number of benzene rings is 1. The van der Waals surface area contributed by atoms with Crippen LogP contribution in [-0.2, 0) is 16.1 Å². The van der Waals surface area contributed by atoms with E-state index in [1.807, 2.05) is 44.0 Å². The summed E-state index contributed by atoms with van der Waals surface area (Å²) in [6, 6.07) is 10.3. The molecule has 2 atom stereocenters. The van der Waals surface area contributed by atoms with Crippen LogP contribution in [0.5, 0.6) is 0 Å². The molecule has 0 radical (unpaired) electrons. The van der Waals surface area contributed by atoms with E-state index in [2.05, 4.69) is 12.1 Å². The molecule has 0 bridgehead atoms. The van der Waals surface area contributed by atoms with Crippen LogP contribution in [0.3, 0.4) is 0 Å². The third-order valence-corrected chi connectivity index (χ3v) is 3.96. The van der Waals surface area contributed by atoms with Crippen molar-refractivity contribution < 1.29 is 14.4 Å². The molecule has 1 aromatic rings. The van der Waals surface area contributed by atoms with Crippen molar-refractivity contribution in [3.8, 4) is 0 Å². The third kappa shape index (κ3) is 3.59. The number of hydrogen-bond donors (Lipinski definition) is 0. The lowest BCUT2D eigenvalue weighted by Gasteiger charge is -2.25. The minimum Gasteiger partial charge on any atom is -0.444 e. The predicted octanol–water partition coefficient (Wildman–Crippen LogP) is 2.67. The smallest absolute Gasteiger partial charge is 0.410 e. The maximum absolute atomic E-state index is 12.1. The molecule has 0 saturated carbocycles. The minimum absolute atomic E-state index is 0.0937. The molecule has 0 aromatic heterocycles. The maximum Gasteiger partial charge on any atom is 0.410 e. The van der Waals surface area contributed by atoms with E-state index in [-0.39, 0.29) is 12.2 Å². The van der Waals surface area contributed by atoms with Crippen LogP contribution >= 0.6 is 0 Å². The SMILES string of the molecule is CC(C)(C)OC(=O)N1CC2ON(Cc3ccccc3)C[C@H]2C1. The normalized spacial score (nSPS) is 25.3. The van der Waals surface area contributed by atoms with Crippen molar-refractivity contribution in [3.05, 3.63) is 35.9 Å². The van der Waals surface area contributed by atoms with E-state index in [9.17, 15) is 4.79 Å². The van der Waals surface area contributed by atoms with Crippen molar-refractivity contribution in [2.24, 2.45) is 5.92 Å². The van der Waals surface area contributed by atoms with Crippen LogP contribution in [0.4, 0.5) is 4.79 Å². The van der Waals surface area contributed by atoms with Crippen molar-refractivity contribution >= 4 is 6.09 Å². The van der Waals surface area contributed by atoms with Gasteiger partial charge in [0.2, 0.25) is 0 Å². The van der Waals surface area contributed by atoms with Crippen LogP contribution in [0.15, 0.2) is 30.3 Å². The number of carbonyl (C=O) groups is 1. The van der Waals surface area contributed by atoms with Crippen molar-refractivity contribution in [2.45, 2.75) is 39.0 Å².